The van der Waals surface area contributed by atoms with E-state index in [4.69, 9.17) is 4.74 Å². The Kier molecular flexibility index (Phi) is 6.08. The van der Waals surface area contributed by atoms with Crippen molar-refractivity contribution in [3.8, 4) is 11.4 Å². The van der Waals surface area contributed by atoms with Gasteiger partial charge in [-0.3, -0.25) is 4.79 Å². The second-order valence-electron chi connectivity index (χ2n) is 5.84. The van der Waals surface area contributed by atoms with Crippen LogP contribution in [0.4, 0.5) is 5.69 Å². The molecule has 140 valence electrons. The first-order valence-electron chi connectivity index (χ1n) is 8.64. The Morgan fingerprint density at radius 1 is 1.22 bits per heavy atom. The molecule has 0 saturated heterocycles. The second kappa shape index (κ2) is 8.68. The molecule has 8 heteroatoms. The largest absolute Gasteiger partial charge is 0.492 e. The van der Waals surface area contributed by atoms with Crippen molar-refractivity contribution in [2.75, 3.05) is 11.9 Å². The van der Waals surface area contributed by atoms with Gasteiger partial charge in [0, 0.05) is 0 Å². The van der Waals surface area contributed by atoms with Gasteiger partial charge >= 0.3 is 0 Å². The van der Waals surface area contributed by atoms with Crippen LogP contribution in [0.5, 0.6) is 5.75 Å². The third-order valence-corrected chi connectivity index (χ3v) is 4.91. The van der Waals surface area contributed by atoms with Gasteiger partial charge in [-0.2, -0.15) is 4.68 Å². The van der Waals surface area contributed by atoms with Crippen LogP contribution in [-0.2, 0) is 4.79 Å². The molecule has 27 heavy (non-hydrogen) atoms. The zero-order valence-electron chi connectivity index (χ0n) is 15.4. The highest BCUT2D eigenvalue weighted by atomic mass is 32.2. The molecule has 3 rings (SSSR count). The first kappa shape index (κ1) is 18.9. The molecule has 0 aliphatic rings. The van der Waals surface area contributed by atoms with E-state index in [0.717, 1.165) is 11.3 Å². The van der Waals surface area contributed by atoms with Crippen molar-refractivity contribution < 1.29 is 9.53 Å². The Morgan fingerprint density at radius 3 is 2.74 bits per heavy atom. The topological polar surface area (TPSA) is 81.9 Å². The number of carbonyl (C=O) groups excluding carboxylic acids is 1. The van der Waals surface area contributed by atoms with E-state index in [-0.39, 0.29) is 5.91 Å². The van der Waals surface area contributed by atoms with E-state index in [1.165, 1.54) is 11.8 Å². The maximum absolute atomic E-state index is 12.6. The van der Waals surface area contributed by atoms with Crippen LogP contribution >= 0.6 is 11.8 Å². The van der Waals surface area contributed by atoms with Gasteiger partial charge in [0.05, 0.1) is 23.2 Å². The first-order valence-corrected chi connectivity index (χ1v) is 9.52. The van der Waals surface area contributed by atoms with Crippen LogP contribution in [-0.4, -0.2) is 38.0 Å². The summed E-state index contributed by atoms with van der Waals surface area (Å²) in [6.45, 7) is 6.25. The number of carbonyl (C=O) groups is 1. The number of tetrazole rings is 1. The van der Waals surface area contributed by atoms with E-state index in [0.29, 0.717) is 23.2 Å². The highest BCUT2D eigenvalue weighted by molar-refractivity contribution is 8.00. The van der Waals surface area contributed by atoms with Gasteiger partial charge in [-0.1, -0.05) is 42.1 Å². The number of rotatable bonds is 7. The quantitative estimate of drug-likeness (QED) is 0.629. The predicted molar refractivity (Wildman–Crippen MR) is 105 cm³/mol. The van der Waals surface area contributed by atoms with Crippen molar-refractivity contribution in [1.82, 2.24) is 20.2 Å². The summed E-state index contributed by atoms with van der Waals surface area (Å²) < 4.78 is 7.21. The van der Waals surface area contributed by atoms with Crippen molar-refractivity contribution in [2.24, 2.45) is 0 Å². The fraction of sp³-hybridized carbons (Fsp3) is 0.263. The van der Waals surface area contributed by atoms with Gasteiger partial charge in [-0.15, -0.1) is 5.10 Å². The molecule has 1 aromatic heterocycles. The lowest BCUT2D eigenvalue weighted by Crippen LogP contribution is -2.23. The summed E-state index contributed by atoms with van der Waals surface area (Å²) in [6, 6.07) is 15.2. The highest BCUT2D eigenvalue weighted by Crippen LogP contribution is 2.27. The molecule has 0 saturated carbocycles. The number of benzene rings is 2. The molecular formula is C19H21N5O2S. The number of ether oxygens (including phenoxy) is 1. The van der Waals surface area contributed by atoms with Crippen LogP contribution in [0.2, 0.25) is 0 Å². The Morgan fingerprint density at radius 2 is 1.96 bits per heavy atom. The number of aryl methyl sites for hydroxylation is 1. The van der Waals surface area contributed by atoms with Gasteiger partial charge in [-0.25, -0.2) is 0 Å². The Hall–Kier alpha value is -2.87. The fourth-order valence-corrected chi connectivity index (χ4v) is 3.30. The van der Waals surface area contributed by atoms with Gasteiger partial charge in [0.1, 0.15) is 5.75 Å². The van der Waals surface area contributed by atoms with Crippen LogP contribution < -0.4 is 10.1 Å². The molecule has 1 heterocycles. The van der Waals surface area contributed by atoms with Crippen LogP contribution in [0.1, 0.15) is 19.4 Å². The molecule has 1 amide bonds. The summed E-state index contributed by atoms with van der Waals surface area (Å²) >= 11 is 1.30. The summed E-state index contributed by atoms with van der Waals surface area (Å²) in [4.78, 5) is 12.6. The van der Waals surface area contributed by atoms with Gasteiger partial charge in [0.15, 0.2) is 0 Å². The molecular weight excluding hydrogens is 362 g/mol. The minimum atomic E-state index is -0.395. The Bertz CT molecular complexity index is 928. The number of nitrogens with one attached hydrogen (secondary N) is 1. The molecule has 0 aliphatic heterocycles. The lowest BCUT2D eigenvalue weighted by molar-refractivity contribution is -0.115. The van der Waals surface area contributed by atoms with Gasteiger partial charge in [0.25, 0.3) is 0 Å². The van der Waals surface area contributed by atoms with Crippen molar-refractivity contribution in [3.63, 3.8) is 0 Å². The molecule has 3 aromatic rings. The van der Waals surface area contributed by atoms with E-state index in [9.17, 15) is 4.79 Å². The predicted octanol–water partition coefficient (Wildman–Crippen LogP) is 3.49. The van der Waals surface area contributed by atoms with Crippen molar-refractivity contribution in [3.05, 3.63) is 54.1 Å². The normalized spacial score (nSPS) is 11.8. The highest BCUT2D eigenvalue weighted by Gasteiger charge is 2.20. The zero-order chi connectivity index (χ0) is 19.2. The van der Waals surface area contributed by atoms with Crippen molar-refractivity contribution in [2.45, 2.75) is 31.2 Å². The lowest BCUT2D eigenvalue weighted by Gasteiger charge is -2.14. The maximum atomic E-state index is 12.6. The number of aromatic nitrogens is 4. The minimum Gasteiger partial charge on any atom is -0.492 e. The number of nitrogens with zero attached hydrogens (tertiary/aromatic N) is 4. The number of hydrogen-bond acceptors (Lipinski definition) is 6. The Labute approximate surface area is 162 Å². The zero-order valence-corrected chi connectivity index (χ0v) is 16.2. The average Bonchev–Trinajstić information content (AvgIpc) is 3.11. The van der Waals surface area contributed by atoms with E-state index >= 15 is 0 Å². The molecule has 1 atom stereocenters. The van der Waals surface area contributed by atoms with Crippen LogP contribution in [0.3, 0.4) is 0 Å². The maximum Gasteiger partial charge on any atom is 0.237 e. The molecule has 0 spiro atoms. The van der Waals surface area contributed by atoms with Gasteiger partial charge in [0.2, 0.25) is 11.1 Å². The minimum absolute atomic E-state index is 0.147. The monoisotopic (exact) mass is 383 g/mol. The SMILES string of the molecule is CCOc1ccccc1NC(=O)[C@H](C)Sc1nnnn1-c1ccccc1C. The number of amides is 1. The van der Waals surface area contributed by atoms with Crippen LogP contribution in [0.15, 0.2) is 53.7 Å². The van der Waals surface area contributed by atoms with E-state index in [1.807, 2.05) is 69.3 Å². The molecule has 0 bridgehead atoms. The summed E-state index contributed by atoms with van der Waals surface area (Å²) in [5, 5.41) is 15.0. The van der Waals surface area contributed by atoms with Crippen LogP contribution in [0, 0.1) is 6.92 Å². The molecule has 2 aromatic carbocycles. The fourth-order valence-electron chi connectivity index (χ4n) is 2.50. The first-order chi connectivity index (χ1) is 13.1. The summed E-state index contributed by atoms with van der Waals surface area (Å²) in [6.07, 6.45) is 0. The standard InChI is InChI=1S/C19H21N5O2S/c1-4-26-17-12-8-6-10-15(17)20-18(25)14(3)27-19-21-22-23-24(19)16-11-7-5-9-13(16)2/h5-12,14H,4H2,1-3H3,(H,20,25)/t14-/m0/s1. The summed E-state index contributed by atoms with van der Waals surface area (Å²) in [5.41, 5.74) is 2.59. The average molecular weight is 383 g/mol. The smallest absolute Gasteiger partial charge is 0.237 e. The molecule has 0 unspecified atom stereocenters. The summed E-state index contributed by atoms with van der Waals surface area (Å²) in [7, 11) is 0. The number of thioether (sulfide) groups is 1. The third kappa shape index (κ3) is 4.46. The van der Waals surface area contributed by atoms with Gasteiger partial charge in [-0.05, 0) is 55.0 Å². The number of anilines is 1. The summed E-state index contributed by atoms with van der Waals surface area (Å²) in [5.74, 6) is 0.502. The second-order valence-corrected chi connectivity index (χ2v) is 7.15. The lowest BCUT2D eigenvalue weighted by atomic mass is 10.2. The van der Waals surface area contributed by atoms with Crippen LogP contribution in [0.25, 0.3) is 5.69 Å². The molecule has 7 nitrogen and oxygen atoms in total. The number of hydrogen-bond donors (Lipinski definition) is 1. The van der Waals surface area contributed by atoms with E-state index in [2.05, 4.69) is 20.8 Å². The Balaban J connectivity index is 1.73. The molecule has 0 fully saturated rings. The molecule has 0 aliphatic carbocycles. The molecule has 1 N–H and O–H groups in total. The van der Waals surface area contributed by atoms with E-state index < -0.39 is 5.25 Å². The molecule has 0 radical (unpaired) electrons. The van der Waals surface area contributed by atoms with Crippen molar-refractivity contribution >= 4 is 23.4 Å². The number of para-hydroxylation sites is 3. The van der Waals surface area contributed by atoms with Gasteiger partial charge < -0.3 is 10.1 Å². The van der Waals surface area contributed by atoms with Crippen molar-refractivity contribution in [1.29, 1.82) is 0 Å². The van der Waals surface area contributed by atoms with E-state index in [1.54, 1.807) is 4.68 Å². The third-order valence-electron chi connectivity index (χ3n) is 3.88.